The van der Waals surface area contributed by atoms with Crippen LogP contribution >= 0.6 is 10.9 Å². The second-order valence-electron chi connectivity index (χ2n) is 2.96. The third-order valence-corrected chi connectivity index (χ3v) is 3.60. The minimum atomic E-state index is -0.111. The van der Waals surface area contributed by atoms with E-state index < -0.39 is 0 Å². The summed E-state index contributed by atoms with van der Waals surface area (Å²) in [5.41, 5.74) is 0. The van der Waals surface area contributed by atoms with Crippen LogP contribution in [0, 0.1) is 0 Å². The lowest BCUT2D eigenvalue weighted by atomic mass is 10.4. The van der Waals surface area contributed by atoms with E-state index in [-0.39, 0.29) is 16.8 Å². The molecule has 0 spiro atoms. The van der Waals surface area contributed by atoms with E-state index in [0.717, 1.165) is 5.75 Å². The van der Waals surface area contributed by atoms with Crippen LogP contribution in [0.4, 0.5) is 0 Å². The Hall–Kier alpha value is -0.700. The van der Waals surface area contributed by atoms with Crippen LogP contribution in [0.1, 0.15) is 6.42 Å². The first-order valence-electron chi connectivity index (χ1n) is 4.01. The molecule has 0 atom stereocenters. The Kier molecular flexibility index (Phi) is 3.41. The molecule has 0 saturated heterocycles. The van der Waals surface area contributed by atoms with E-state index in [1.165, 1.54) is 0 Å². The molecule has 1 aliphatic heterocycles. The van der Waals surface area contributed by atoms with Gasteiger partial charge >= 0.3 is 0 Å². The molecule has 2 nitrogen and oxygen atoms in total. The molecule has 0 aromatic carbocycles. The van der Waals surface area contributed by atoms with E-state index in [1.807, 2.05) is 0 Å². The van der Waals surface area contributed by atoms with Gasteiger partial charge in [-0.3, -0.25) is 4.79 Å². The molecule has 0 N–H and O–H groups in total. The normalized spacial score (nSPS) is 17.0. The second-order valence-corrected chi connectivity index (χ2v) is 5.03. The molecule has 1 aliphatic rings. The largest absolute Gasteiger partial charge is 0.349 e. The zero-order valence-corrected chi connectivity index (χ0v) is 8.42. The number of hydrogen-bond acceptors (Lipinski definition) is 1. The molecular formula is C9H15NOS. The van der Waals surface area contributed by atoms with Crippen molar-refractivity contribution >= 4 is 16.8 Å². The monoisotopic (exact) mass is 185 g/mol. The lowest BCUT2D eigenvalue weighted by Crippen LogP contribution is -2.22. The van der Waals surface area contributed by atoms with Crippen LogP contribution in [0.3, 0.4) is 0 Å². The molecule has 0 aromatic heterocycles. The van der Waals surface area contributed by atoms with Gasteiger partial charge in [0.05, 0.1) is 0 Å². The van der Waals surface area contributed by atoms with Crippen LogP contribution in [0.15, 0.2) is 23.0 Å². The minimum absolute atomic E-state index is 0.111. The van der Waals surface area contributed by atoms with Crippen molar-refractivity contribution in [1.29, 1.82) is 0 Å². The lowest BCUT2D eigenvalue weighted by Gasteiger charge is -2.12. The Morgan fingerprint density at radius 3 is 2.42 bits per heavy atom. The van der Waals surface area contributed by atoms with Crippen LogP contribution in [0.2, 0.25) is 0 Å². The smallest absolute Gasteiger partial charge is 0.222 e. The summed E-state index contributed by atoms with van der Waals surface area (Å²) in [4.78, 5) is 12.8. The SMILES string of the molecule is CN(C)C(=O)CC[SH]1C=CC=C1. The number of carbonyl (C=O) groups excluding carboxylic acids is 1. The molecular weight excluding hydrogens is 170 g/mol. The number of carbonyl (C=O) groups is 1. The van der Waals surface area contributed by atoms with Gasteiger partial charge in [-0.2, -0.15) is 0 Å². The molecule has 0 aliphatic carbocycles. The molecule has 0 aromatic rings. The van der Waals surface area contributed by atoms with E-state index in [9.17, 15) is 4.79 Å². The summed E-state index contributed by atoms with van der Waals surface area (Å²) in [6.07, 6.45) is 4.80. The highest BCUT2D eigenvalue weighted by atomic mass is 32.2. The van der Waals surface area contributed by atoms with Gasteiger partial charge in [-0.15, -0.1) is 0 Å². The Labute approximate surface area is 76.3 Å². The van der Waals surface area contributed by atoms with Gasteiger partial charge in [0.15, 0.2) is 0 Å². The van der Waals surface area contributed by atoms with Crippen molar-refractivity contribution in [3.05, 3.63) is 23.0 Å². The Morgan fingerprint density at radius 2 is 1.92 bits per heavy atom. The van der Waals surface area contributed by atoms with Crippen molar-refractivity contribution in [1.82, 2.24) is 4.90 Å². The average Bonchev–Trinajstić information content (AvgIpc) is 2.51. The molecule has 0 unspecified atom stereocenters. The van der Waals surface area contributed by atoms with Gasteiger partial charge in [0.1, 0.15) is 0 Å². The molecule has 0 radical (unpaired) electrons. The second kappa shape index (κ2) is 4.36. The number of nitrogens with zero attached hydrogens (tertiary/aromatic N) is 1. The zero-order valence-electron chi connectivity index (χ0n) is 7.53. The van der Waals surface area contributed by atoms with Gasteiger partial charge in [-0.25, -0.2) is 10.9 Å². The molecule has 68 valence electrons. The summed E-state index contributed by atoms with van der Waals surface area (Å²) in [7, 11) is 3.49. The maximum absolute atomic E-state index is 11.2. The van der Waals surface area contributed by atoms with Crippen LogP contribution in [0.5, 0.6) is 0 Å². The summed E-state index contributed by atoms with van der Waals surface area (Å²) in [5.74, 6) is 1.23. The lowest BCUT2D eigenvalue weighted by molar-refractivity contribution is -0.128. The number of allylic oxidation sites excluding steroid dienone is 2. The number of amides is 1. The quantitative estimate of drug-likeness (QED) is 0.661. The standard InChI is InChI=1S/C9H15NOS/c1-10(2)9(11)5-8-12-6-3-4-7-12/h3-4,6-7,12H,5,8H2,1-2H3. The van der Waals surface area contributed by atoms with E-state index >= 15 is 0 Å². The predicted octanol–water partition coefficient (Wildman–Crippen LogP) is 1.51. The molecule has 3 heteroatoms. The van der Waals surface area contributed by atoms with Crippen LogP contribution < -0.4 is 0 Å². The zero-order chi connectivity index (χ0) is 8.97. The molecule has 1 rings (SSSR count). The van der Waals surface area contributed by atoms with Crippen molar-refractivity contribution in [2.24, 2.45) is 0 Å². The summed E-state index contributed by atoms with van der Waals surface area (Å²) >= 11 is 0. The van der Waals surface area contributed by atoms with E-state index in [4.69, 9.17) is 0 Å². The summed E-state index contributed by atoms with van der Waals surface area (Å²) < 4.78 is 0. The Morgan fingerprint density at radius 1 is 1.33 bits per heavy atom. The molecule has 1 amide bonds. The van der Waals surface area contributed by atoms with Crippen LogP contribution in [0.25, 0.3) is 0 Å². The first-order valence-corrected chi connectivity index (χ1v) is 5.67. The number of rotatable bonds is 3. The first kappa shape index (κ1) is 9.39. The minimum Gasteiger partial charge on any atom is -0.349 e. The molecule has 1 heterocycles. The van der Waals surface area contributed by atoms with Crippen molar-refractivity contribution in [2.75, 3.05) is 19.8 Å². The van der Waals surface area contributed by atoms with Crippen molar-refractivity contribution in [3.63, 3.8) is 0 Å². The van der Waals surface area contributed by atoms with Crippen LogP contribution in [-0.2, 0) is 4.79 Å². The summed E-state index contributed by atoms with van der Waals surface area (Å²) in [6.45, 7) is 0. The maximum atomic E-state index is 11.2. The van der Waals surface area contributed by atoms with Crippen molar-refractivity contribution < 1.29 is 4.79 Å². The van der Waals surface area contributed by atoms with Crippen molar-refractivity contribution in [3.8, 4) is 0 Å². The fraction of sp³-hybridized carbons (Fsp3) is 0.444. The average molecular weight is 185 g/mol. The molecule has 0 fully saturated rings. The third kappa shape index (κ3) is 2.74. The fourth-order valence-corrected chi connectivity index (χ4v) is 2.46. The molecule has 12 heavy (non-hydrogen) atoms. The number of thiol groups is 1. The van der Waals surface area contributed by atoms with Gasteiger partial charge in [-0.05, 0) is 16.6 Å². The molecule has 0 saturated carbocycles. The highest BCUT2D eigenvalue weighted by molar-refractivity contribution is 8.22. The van der Waals surface area contributed by atoms with E-state index in [0.29, 0.717) is 6.42 Å². The highest BCUT2D eigenvalue weighted by Crippen LogP contribution is 2.33. The van der Waals surface area contributed by atoms with E-state index in [1.54, 1.807) is 19.0 Å². The summed E-state index contributed by atoms with van der Waals surface area (Å²) in [5, 5.41) is 4.39. The third-order valence-electron chi connectivity index (χ3n) is 1.75. The Bertz CT molecular complexity index is 209. The summed E-state index contributed by atoms with van der Waals surface area (Å²) in [6, 6.07) is 0. The topological polar surface area (TPSA) is 20.3 Å². The van der Waals surface area contributed by atoms with Gasteiger partial charge in [-0.1, -0.05) is 12.2 Å². The number of hydrogen-bond donors (Lipinski definition) is 1. The fourth-order valence-electron chi connectivity index (χ4n) is 0.968. The maximum Gasteiger partial charge on any atom is 0.222 e. The highest BCUT2D eigenvalue weighted by Gasteiger charge is 2.06. The van der Waals surface area contributed by atoms with E-state index in [2.05, 4.69) is 23.0 Å². The van der Waals surface area contributed by atoms with Gasteiger partial charge < -0.3 is 4.90 Å². The van der Waals surface area contributed by atoms with Crippen molar-refractivity contribution in [2.45, 2.75) is 6.42 Å². The van der Waals surface area contributed by atoms with Gasteiger partial charge in [0, 0.05) is 20.5 Å². The van der Waals surface area contributed by atoms with Gasteiger partial charge in [0.25, 0.3) is 0 Å². The first-order chi connectivity index (χ1) is 5.70. The molecule has 0 bridgehead atoms. The van der Waals surface area contributed by atoms with Crippen LogP contribution in [-0.4, -0.2) is 30.7 Å². The Balaban J connectivity index is 2.21. The predicted molar refractivity (Wildman–Crippen MR) is 55.4 cm³/mol. The van der Waals surface area contributed by atoms with Gasteiger partial charge in [0.2, 0.25) is 5.91 Å².